The van der Waals surface area contributed by atoms with Crippen LogP contribution in [0, 0.1) is 13.8 Å². The minimum Gasteiger partial charge on any atom is -0.454 e. The zero-order valence-corrected chi connectivity index (χ0v) is 18.7. The zero-order chi connectivity index (χ0) is 22.3. The van der Waals surface area contributed by atoms with Crippen LogP contribution in [0.1, 0.15) is 67.8 Å². The lowest BCUT2D eigenvalue weighted by Gasteiger charge is -2.20. The highest BCUT2D eigenvalue weighted by atomic mass is 32.1. The van der Waals surface area contributed by atoms with Gasteiger partial charge in [-0.25, -0.2) is 9.78 Å². The molecule has 0 radical (unpaired) electrons. The molecule has 2 aliphatic rings. The third-order valence-corrected chi connectivity index (χ3v) is 7.32. The Bertz CT molecular complexity index is 1110. The summed E-state index contributed by atoms with van der Waals surface area (Å²) in [5, 5.41) is 3.39. The van der Waals surface area contributed by atoms with Crippen LogP contribution in [0.3, 0.4) is 0 Å². The summed E-state index contributed by atoms with van der Waals surface area (Å²) >= 11 is 1.43. The van der Waals surface area contributed by atoms with Gasteiger partial charge in [0.25, 0.3) is 11.5 Å². The number of hydrogen-bond donors (Lipinski definition) is 2. The minimum absolute atomic E-state index is 0.0537. The van der Waals surface area contributed by atoms with Gasteiger partial charge in [0.15, 0.2) is 11.9 Å². The van der Waals surface area contributed by atoms with Gasteiger partial charge in [-0.15, -0.1) is 11.3 Å². The van der Waals surface area contributed by atoms with E-state index in [1.165, 1.54) is 16.2 Å². The Kier molecular flexibility index (Phi) is 5.59. The fourth-order valence-corrected chi connectivity index (χ4v) is 5.39. The van der Waals surface area contributed by atoms with Gasteiger partial charge in [0.2, 0.25) is 0 Å². The second-order valence-electron chi connectivity index (χ2n) is 8.33. The Morgan fingerprint density at radius 3 is 2.68 bits per heavy atom. The van der Waals surface area contributed by atoms with Gasteiger partial charge in [-0.2, -0.15) is 0 Å². The van der Waals surface area contributed by atoms with E-state index in [1.54, 1.807) is 6.92 Å². The number of imide groups is 1. The van der Waals surface area contributed by atoms with Gasteiger partial charge in [0.05, 0.1) is 5.39 Å². The first-order valence-corrected chi connectivity index (χ1v) is 11.4. The predicted molar refractivity (Wildman–Crippen MR) is 115 cm³/mol. The van der Waals surface area contributed by atoms with Crippen molar-refractivity contribution in [2.45, 2.75) is 70.9 Å². The number of fused-ring (bicyclic) bond motifs is 1. The van der Waals surface area contributed by atoms with Crippen LogP contribution in [0.25, 0.3) is 10.2 Å². The molecule has 2 aromatic rings. The van der Waals surface area contributed by atoms with Crippen LogP contribution in [-0.4, -0.2) is 44.9 Å². The summed E-state index contributed by atoms with van der Waals surface area (Å²) in [6.07, 6.45) is 2.85. The number of amides is 3. The van der Waals surface area contributed by atoms with E-state index < -0.39 is 17.6 Å². The summed E-state index contributed by atoms with van der Waals surface area (Å²) in [4.78, 5) is 59.5. The molecule has 2 aromatic heterocycles. The van der Waals surface area contributed by atoms with Crippen molar-refractivity contribution in [2.24, 2.45) is 0 Å². The standard InChI is InChI=1S/C21H26N4O5S/c1-11-13(3)31-18-15(11)17(27)22-16(23-18)12(2)30-14(26)7-6-10-25-19(28)21(24-20(25)29)8-4-5-9-21/h12H,4-10H2,1-3H3,(H,24,29)(H,22,23,27)/t12-/m0/s1. The summed E-state index contributed by atoms with van der Waals surface area (Å²) in [5.74, 6) is -0.367. The smallest absolute Gasteiger partial charge is 0.325 e. The molecule has 9 nitrogen and oxygen atoms in total. The number of urea groups is 1. The molecule has 1 saturated carbocycles. The Balaban J connectivity index is 1.33. The second-order valence-corrected chi connectivity index (χ2v) is 9.53. The average molecular weight is 447 g/mol. The number of aromatic nitrogens is 2. The highest BCUT2D eigenvalue weighted by molar-refractivity contribution is 7.18. The highest BCUT2D eigenvalue weighted by Gasteiger charge is 2.52. The number of ether oxygens (including phenoxy) is 1. The van der Waals surface area contributed by atoms with Crippen molar-refractivity contribution in [2.75, 3.05) is 6.54 Å². The maximum Gasteiger partial charge on any atom is 0.325 e. The van der Waals surface area contributed by atoms with Gasteiger partial charge in [-0.3, -0.25) is 19.3 Å². The number of carbonyl (C=O) groups excluding carboxylic acids is 3. The van der Waals surface area contributed by atoms with Crippen LogP contribution in [0.4, 0.5) is 4.79 Å². The lowest BCUT2D eigenvalue weighted by Crippen LogP contribution is -2.44. The van der Waals surface area contributed by atoms with Crippen LogP contribution < -0.4 is 10.9 Å². The van der Waals surface area contributed by atoms with Crippen molar-refractivity contribution >= 4 is 39.5 Å². The van der Waals surface area contributed by atoms with Crippen molar-refractivity contribution in [3.8, 4) is 0 Å². The molecule has 0 aromatic carbocycles. The summed E-state index contributed by atoms with van der Waals surface area (Å²) < 4.78 is 5.42. The summed E-state index contributed by atoms with van der Waals surface area (Å²) in [6, 6.07) is -0.384. The van der Waals surface area contributed by atoms with Gasteiger partial charge in [-0.1, -0.05) is 12.8 Å². The first-order valence-electron chi connectivity index (χ1n) is 10.6. The van der Waals surface area contributed by atoms with E-state index in [2.05, 4.69) is 15.3 Å². The SMILES string of the molecule is Cc1sc2nc([C@H](C)OC(=O)CCCN3C(=O)NC4(CCCC4)C3=O)[nH]c(=O)c2c1C. The van der Waals surface area contributed by atoms with Crippen LogP contribution in [-0.2, 0) is 14.3 Å². The van der Waals surface area contributed by atoms with E-state index in [0.29, 0.717) is 35.3 Å². The molecule has 1 spiro atoms. The largest absolute Gasteiger partial charge is 0.454 e. The van der Waals surface area contributed by atoms with Crippen LogP contribution in [0.5, 0.6) is 0 Å². The van der Waals surface area contributed by atoms with Crippen molar-refractivity contribution in [1.29, 1.82) is 0 Å². The molecule has 1 aliphatic carbocycles. The third-order valence-electron chi connectivity index (χ3n) is 6.22. The normalized spacial score (nSPS) is 18.7. The predicted octanol–water partition coefficient (Wildman–Crippen LogP) is 2.85. The number of H-pyrrole nitrogens is 1. The first kappa shape index (κ1) is 21.5. The fourth-order valence-electron chi connectivity index (χ4n) is 4.35. The Morgan fingerprint density at radius 1 is 1.26 bits per heavy atom. The quantitative estimate of drug-likeness (QED) is 0.520. The Hall–Kier alpha value is -2.75. The van der Waals surface area contributed by atoms with Gasteiger partial charge < -0.3 is 15.0 Å². The topological polar surface area (TPSA) is 121 Å². The molecule has 3 amide bonds. The van der Waals surface area contributed by atoms with Gasteiger partial charge in [-0.05, 0) is 45.6 Å². The molecule has 0 bridgehead atoms. The van der Waals surface area contributed by atoms with Gasteiger partial charge in [0.1, 0.15) is 10.4 Å². The molecule has 31 heavy (non-hydrogen) atoms. The number of hydrogen-bond acceptors (Lipinski definition) is 7. The van der Waals surface area contributed by atoms with Crippen LogP contribution >= 0.6 is 11.3 Å². The molecule has 1 atom stereocenters. The molecule has 1 saturated heterocycles. The monoisotopic (exact) mass is 446 g/mol. The first-order chi connectivity index (χ1) is 14.7. The van der Waals surface area contributed by atoms with E-state index in [4.69, 9.17) is 4.74 Å². The zero-order valence-electron chi connectivity index (χ0n) is 17.9. The number of carbonyl (C=O) groups is 3. The molecular formula is C21H26N4O5S. The van der Waals surface area contributed by atoms with Crippen LogP contribution in [0.15, 0.2) is 4.79 Å². The molecule has 166 valence electrons. The van der Waals surface area contributed by atoms with E-state index in [0.717, 1.165) is 23.3 Å². The van der Waals surface area contributed by atoms with E-state index in [1.807, 2.05) is 13.8 Å². The van der Waals surface area contributed by atoms with Crippen molar-refractivity contribution in [3.63, 3.8) is 0 Å². The lowest BCUT2D eigenvalue weighted by atomic mass is 9.98. The Morgan fingerprint density at radius 2 is 1.97 bits per heavy atom. The fraction of sp³-hybridized carbons (Fsp3) is 0.571. The average Bonchev–Trinajstić information content (AvgIpc) is 3.35. The molecule has 0 unspecified atom stereocenters. The van der Waals surface area contributed by atoms with E-state index in [-0.39, 0.29) is 30.5 Å². The number of rotatable bonds is 6. The number of nitrogens with zero attached hydrogens (tertiary/aromatic N) is 2. The number of esters is 1. The number of nitrogens with one attached hydrogen (secondary N) is 2. The molecule has 4 rings (SSSR count). The van der Waals surface area contributed by atoms with Gasteiger partial charge >= 0.3 is 12.0 Å². The second kappa shape index (κ2) is 8.07. The highest BCUT2D eigenvalue weighted by Crippen LogP contribution is 2.35. The molecular weight excluding hydrogens is 420 g/mol. The minimum atomic E-state index is -0.735. The summed E-state index contributed by atoms with van der Waals surface area (Å²) in [6.45, 7) is 5.64. The maximum atomic E-state index is 12.6. The third kappa shape index (κ3) is 3.84. The van der Waals surface area contributed by atoms with Crippen molar-refractivity contribution in [1.82, 2.24) is 20.2 Å². The molecule has 2 N–H and O–H groups in total. The molecule has 3 heterocycles. The van der Waals surface area contributed by atoms with E-state index >= 15 is 0 Å². The summed E-state index contributed by atoms with van der Waals surface area (Å²) in [5.41, 5.74) is -0.0742. The maximum absolute atomic E-state index is 12.6. The molecule has 2 fully saturated rings. The van der Waals surface area contributed by atoms with Crippen LogP contribution in [0.2, 0.25) is 0 Å². The number of thiophene rings is 1. The van der Waals surface area contributed by atoms with Crippen molar-refractivity contribution < 1.29 is 19.1 Å². The molecule has 10 heteroatoms. The number of aryl methyl sites for hydroxylation is 2. The van der Waals surface area contributed by atoms with E-state index in [9.17, 15) is 19.2 Å². The van der Waals surface area contributed by atoms with Gasteiger partial charge in [0, 0.05) is 17.8 Å². The number of aromatic amines is 1. The molecule has 1 aliphatic heterocycles. The van der Waals surface area contributed by atoms with Crippen molar-refractivity contribution in [3.05, 3.63) is 26.6 Å². The summed E-state index contributed by atoms with van der Waals surface area (Å²) in [7, 11) is 0. The lowest BCUT2D eigenvalue weighted by molar-refractivity contribution is -0.149. The Labute approximate surface area is 183 Å².